The quantitative estimate of drug-likeness (QED) is 0.843. The molecule has 86 valence electrons. The van der Waals surface area contributed by atoms with E-state index < -0.39 is 5.97 Å². The molecule has 0 radical (unpaired) electrons. The van der Waals surface area contributed by atoms with Crippen molar-refractivity contribution >= 4 is 23.4 Å². The van der Waals surface area contributed by atoms with Crippen LogP contribution in [-0.4, -0.2) is 27.8 Å². The molecule has 0 aliphatic heterocycles. The summed E-state index contributed by atoms with van der Waals surface area (Å²) in [5, 5.41) is 19.9. The third-order valence-corrected chi connectivity index (χ3v) is 2.25. The summed E-state index contributed by atoms with van der Waals surface area (Å²) in [6, 6.07) is 0. The van der Waals surface area contributed by atoms with E-state index in [-0.39, 0.29) is 17.9 Å². The van der Waals surface area contributed by atoms with Gasteiger partial charge in [-0.2, -0.15) is 5.10 Å². The first-order valence-corrected chi connectivity index (χ1v) is 4.95. The minimum absolute atomic E-state index is 0.116. The first-order valence-electron chi connectivity index (χ1n) is 4.57. The summed E-state index contributed by atoms with van der Waals surface area (Å²) in [5.41, 5.74) is 1.29. The Hall–Kier alpha value is -1.62. The van der Waals surface area contributed by atoms with Gasteiger partial charge in [-0.1, -0.05) is 18.2 Å². The van der Waals surface area contributed by atoms with E-state index >= 15 is 0 Å². The topological polar surface area (TPSA) is 75.1 Å². The molecule has 6 heteroatoms. The van der Waals surface area contributed by atoms with Gasteiger partial charge in [-0.25, -0.2) is 4.79 Å². The normalized spacial score (nSPS) is 9.94. The monoisotopic (exact) mass is 241 g/mol. The van der Waals surface area contributed by atoms with Gasteiger partial charge in [-0.15, -0.1) is 5.10 Å². The molecule has 0 amide bonds. The van der Waals surface area contributed by atoms with E-state index in [1.165, 1.54) is 0 Å². The molecule has 0 saturated heterocycles. The van der Waals surface area contributed by atoms with Crippen LogP contribution in [0.5, 0.6) is 0 Å². The van der Waals surface area contributed by atoms with Gasteiger partial charge in [0.05, 0.1) is 12.2 Å². The predicted molar refractivity (Wildman–Crippen MR) is 61.9 cm³/mol. The zero-order valence-corrected chi connectivity index (χ0v) is 9.80. The van der Waals surface area contributed by atoms with Gasteiger partial charge in [0.1, 0.15) is 5.56 Å². The molecule has 0 atom stereocenters. The molecular weight excluding hydrogens is 230 g/mol. The Morgan fingerprint density at radius 1 is 1.50 bits per heavy atom. The van der Waals surface area contributed by atoms with E-state index in [0.29, 0.717) is 16.3 Å². The Balaban J connectivity index is 3.13. The zero-order valence-electron chi connectivity index (χ0n) is 9.04. The Morgan fingerprint density at radius 3 is 2.62 bits per heavy atom. The van der Waals surface area contributed by atoms with Crippen molar-refractivity contribution in [3.63, 3.8) is 0 Å². The number of halogens is 1. The second-order valence-electron chi connectivity index (χ2n) is 3.31. The van der Waals surface area contributed by atoms with E-state index in [0.717, 1.165) is 0 Å². The molecule has 2 N–H and O–H groups in total. The van der Waals surface area contributed by atoms with E-state index in [2.05, 4.69) is 22.1 Å². The molecule has 1 aromatic rings. The average Bonchev–Trinajstić information content (AvgIpc) is 2.19. The van der Waals surface area contributed by atoms with Gasteiger partial charge in [0.25, 0.3) is 0 Å². The maximum atomic E-state index is 11.1. The molecule has 0 aliphatic carbocycles. The fourth-order valence-corrected chi connectivity index (χ4v) is 1.24. The summed E-state index contributed by atoms with van der Waals surface area (Å²) in [4.78, 5) is 11.1. The number of aromatic carboxylic acids is 1. The maximum absolute atomic E-state index is 11.1. The molecule has 16 heavy (non-hydrogen) atoms. The van der Waals surface area contributed by atoms with Crippen LogP contribution in [0.4, 0.5) is 5.82 Å². The second-order valence-corrected chi connectivity index (χ2v) is 3.84. The lowest BCUT2D eigenvalue weighted by molar-refractivity contribution is 0.0696. The van der Waals surface area contributed by atoms with Gasteiger partial charge in [0.2, 0.25) is 0 Å². The number of aryl methyl sites for hydroxylation is 1. The number of aromatic nitrogens is 2. The molecule has 0 bridgehead atoms. The Kier molecular flexibility index (Phi) is 3.84. The van der Waals surface area contributed by atoms with Crippen molar-refractivity contribution in [3.8, 4) is 0 Å². The fourth-order valence-electron chi connectivity index (χ4n) is 1.17. The van der Waals surface area contributed by atoms with Crippen LogP contribution in [0.1, 0.15) is 21.6 Å². The van der Waals surface area contributed by atoms with Gasteiger partial charge in [-0.05, 0) is 19.4 Å². The van der Waals surface area contributed by atoms with Crippen LogP contribution in [0, 0.1) is 13.8 Å². The second kappa shape index (κ2) is 4.94. The number of hydrogen-bond acceptors (Lipinski definition) is 4. The molecule has 0 fully saturated rings. The van der Waals surface area contributed by atoms with Crippen LogP contribution in [0.3, 0.4) is 0 Å². The average molecular weight is 242 g/mol. The van der Waals surface area contributed by atoms with Crippen LogP contribution >= 0.6 is 11.6 Å². The highest BCUT2D eigenvalue weighted by molar-refractivity contribution is 6.29. The lowest BCUT2D eigenvalue weighted by Crippen LogP contribution is -2.13. The summed E-state index contributed by atoms with van der Waals surface area (Å²) in [7, 11) is 0. The lowest BCUT2D eigenvalue weighted by Gasteiger charge is -2.10. The summed E-state index contributed by atoms with van der Waals surface area (Å²) >= 11 is 5.58. The Labute approximate surface area is 98.1 Å². The first-order chi connectivity index (χ1) is 7.43. The largest absolute Gasteiger partial charge is 0.478 e. The van der Waals surface area contributed by atoms with Crippen LogP contribution in [0.2, 0.25) is 0 Å². The van der Waals surface area contributed by atoms with E-state index in [4.69, 9.17) is 16.7 Å². The molecule has 0 unspecified atom stereocenters. The number of nitrogens with zero attached hydrogens (tertiary/aromatic N) is 2. The molecule has 1 aromatic heterocycles. The third kappa shape index (κ3) is 2.70. The first kappa shape index (κ1) is 12.4. The van der Waals surface area contributed by atoms with Gasteiger partial charge >= 0.3 is 5.97 Å². The predicted octanol–water partition coefficient (Wildman–Crippen LogP) is 1.96. The Bertz CT molecular complexity index is 446. The van der Waals surface area contributed by atoms with Gasteiger partial charge in [0.15, 0.2) is 5.82 Å². The minimum Gasteiger partial charge on any atom is -0.478 e. The van der Waals surface area contributed by atoms with Crippen LogP contribution in [0.15, 0.2) is 11.6 Å². The minimum atomic E-state index is -1.04. The highest BCUT2D eigenvalue weighted by atomic mass is 35.5. The molecule has 0 spiro atoms. The number of carboxylic acid groups (broad SMARTS) is 1. The van der Waals surface area contributed by atoms with Crippen LogP contribution < -0.4 is 5.32 Å². The van der Waals surface area contributed by atoms with Crippen molar-refractivity contribution in [2.24, 2.45) is 0 Å². The lowest BCUT2D eigenvalue weighted by atomic mass is 10.1. The fraction of sp³-hybridized carbons (Fsp3) is 0.300. The molecule has 0 saturated carbocycles. The zero-order chi connectivity index (χ0) is 12.3. The molecule has 0 aromatic carbocycles. The van der Waals surface area contributed by atoms with Crippen molar-refractivity contribution < 1.29 is 9.90 Å². The molecule has 1 rings (SSSR count). The van der Waals surface area contributed by atoms with E-state index in [1.807, 2.05) is 0 Å². The van der Waals surface area contributed by atoms with Crippen molar-refractivity contribution in [2.75, 3.05) is 11.9 Å². The molecular formula is C10H12ClN3O2. The van der Waals surface area contributed by atoms with Crippen molar-refractivity contribution in [1.82, 2.24) is 10.2 Å². The van der Waals surface area contributed by atoms with E-state index in [9.17, 15) is 4.79 Å². The highest BCUT2D eigenvalue weighted by Gasteiger charge is 2.17. The third-order valence-electron chi connectivity index (χ3n) is 2.12. The van der Waals surface area contributed by atoms with Gasteiger partial charge < -0.3 is 10.4 Å². The molecule has 1 heterocycles. The number of nitrogens with one attached hydrogen (secondary N) is 1. The van der Waals surface area contributed by atoms with E-state index in [1.54, 1.807) is 13.8 Å². The SMILES string of the molecule is C=C(Cl)CNc1nnc(C)c(C)c1C(=O)O. The highest BCUT2D eigenvalue weighted by Crippen LogP contribution is 2.18. The number of hydrogen-bond donors (Lipinski definition) is 2. The number of carboxylic acids is 1. The Morgan fingerprint density at radius 2 is 2.12 bits per heavy atom. The van der Waals surface area contributed by atoms with Crippen LogP contribution in [0.25, 0.3) is 0 Å². The van der Waals surface area contributed by atoms with Crippen molar-refractivity contribution in [3.05, 3.63) is 28.4 Å². The summed E-state index contributed by atoms with van der Waals surface area (Å²) < 4.78 is 0. The summed E-state index contributed by atoms with van der Waals surface area (Å²) in [6.07, 6.45) is 0. The van der Waals surface area contributed by atoms with Crippen molar-refractivity contribution in [2.45, 2.75) is 13.8 Å². The van der Waals surface area contributed by atoms with Crippen molar-refractivity contribution in [1.29, 1.82) is 0 Å². The number of anilines is 1. The summed E-state index contributed by atoms with van der Waals surface area (Å²) in [6.45, 7) is 7.14. The number of rotatable bonds is 4. The van der Waals surface area contributed by atoms with Gasteiger partial charge in [0, 0.05) is 5.03 Å². The summed E-state index contributed by atoms with van der Waals surface area (Å²) in [5.74, 6) is -0.837. The maximum Gasteiger partial charge on any atom is 0.339 e. The van der Waals surface area contributed by atoms with Gasteiger partial charge in [-0.3, -0.25) is 0 Å². The smallest absolute Gasteiger partial charge is 0.339 e. The number of carbonyl (C=O) groups is 1. The van der Waals surface area contributed by atoms with Crippen LogP contribution in [-0.2, 0) is 0 Å². The molecule has 5 nitrogen and oxygen atoms in total. The standard InChI is InChI=1S/C10H12ClN3O2/c1-5(11)4-12-9-8(10(15)16)6(2)7(3)13-14-9/h1,4H2,2-3H3,(H,12,14)(H,15,16). The molecule has 0 aliphatic rings.